The number of allylic oxidation sites excluding steroid dienone is 3. The Morgan fingerprint density at radius 1 is 1.20 bits per heavy atom. The van der Waals surface area contributed by atoms with Gasteiger partial charge in [-0.25, -0.2) is 9.98 Å². The van der Waals surface area contributed by atoms with Crippen molar-refractivity contribution in [2.24, 2.45) is 4.99 Å². The molecule has 20 heavy (non-hydrogen) atoms. The van der Waals surface area contributed by atoms with Crippen molar-refractivity contribution in [3.63, 3.8) is 0 Å². The van der Waals surface area contributed by atoms with E-state index in [4.69, 9.17) is 0 Å². The molecule has 0 bridgehead atoms. The first kappa shape index (κ1) is 13.0. The van der Waals surface area contributed by atoms with Gasteiger partial charge in [-0.2, -0.15) is 0 Å². The smallest absolute Gasteiger partial charge is 0.162 e. The van der Waals surface area contributed by atoms with E-state index in [0.717, 1.165) is 20.7 Å². The van der Waals surface area contributed by atoms with Crippen molar-refractivity contribution in [2.45, 2.75) is 16.0 Å². The molecule has 100 valence electrons. The summed E-state index contributed by atoms with van der Waals surface area (Å²) < 4.78 is 3.49. The van der Waals surface area contributed by atoms with Gasteiger partial charge in [-0.15, -0.1) is 11.3 Å². The molecule has 0 radical (unpaired) electrons. The van der Waals surface area contributed by atoms with E-state index < -0.39 is 0 Å². The number of aliphatic imine (C=N–C) groups is 1. The Hall–Kier alpha value is -0.690. The molecule has 1 aliphatic heterocycles. The molecule has 6 heteroatoms. The normalized spacial score (nSPS) is 20.9. The number of nitrogens with zero attached hydrogens (tertiary/aromatic N) is 2. The molecule has 4 rings (SSSR count). The molecule has 1 aromatic heterocycles. The quantitative estimate of drug-likeness (QED) is 0.691. The molecule has 0 amide bonds. The van der Waals surface area contributed by atoms with Crippen molar-refractivity contribution in [3.05, 3.63) is 48.2 Å². The zero-order chi connectivity index (χ0) is 13.4. The number of thiazole rings is 1. The first-order chi connectivity index (χ1) is 9.88. The second-order valence-electron chi connectivity index (χ2n) is 4.35. The Labute approximate surface area is 133 Å². The van der Waals surface area contributed by atoms with Gasteiger partial charge in [-0.3, -0.25) is 0 Å². The minimum absolute atomic E-state index is 0.526. The molecule has 0 saturated carbocycles. The number of aromatic nitrogens is 1. The van der Waals surface area contributed by atoms with Crippen molar-refractivity contribution >= 4 is 59.3 Å². The molecule has 0 spiro atoms. The molecule has 1 aromatic carbocycles. The molecule has 2 aliphatic rings. The maximum atomic E-state index is 4.69. The number of fused-ring (bicyclic) bond motifs is 2. The first-order valence-electron chi connectivity index (χ1n) is 6.21. The maximum absolute atomic E-state index is 4.69. The molecule has 1 unspecified atom stereocenters. The zero-order valence-electron chi connectivity index (χ0n) is 10.4. The number of hydrogen-bond acceptors (Lipinski definition) is 6. The van der Waals surface area contributed by atoms with Crippen LogP contribution < -0.4 is 0 Å². The fourth-order valence-electron chi connectivity index (χ4n) is 2.06. The molecule has 2 aromatic rings. The molecular formula is C14H10N2S4. The summed E-state index contributed by atoms with van der Waals surface area (Å²) in [6.45, 7) is 0. The fraction of sp³-hybridized carbons (Fsp3) is 0.143. The molecule has 0 fully saturated rings. The van der Waals surface area contributed by atoms with Crippen molar-refractivity contribution in [1.82, 2.24) is 4.98 Å². The van der Waals surface area contributed by atoms with E-state index in [2.05, 4.69) is 46.4 Å². The lowest BCUT2D eigenvalue weighted by atomic mass is 10.1. The van der Waals surface area contributed by atoms with Gasteiger partial charge in [-0.1, -0.05) is 36.0 Å². The van der Waals surface area contributed by atoms with Gasteiger partial charge in [0.25, 0.3) is 0 Å². The Bertz CT molecular complexity index is 711. The van der Waals surface area contributed by atoms with Gasteiger partial charge in [0.05, 0.1) is 21.2 Å². The number of para-hydroxylation sites is 1. The summed E-state index contributed by atoms with van der Waals surface area (Å²) in [5.41, 5.74) is 2.30. The van der Waals surface area contributed by atoms with Crippen LogP contribution in [0.25, 0.3) is 10.2 Å². The average molecular weight is 335 g/mol. The van der Waals surface area contributed by atoms with Gasteiger partial charge >= 0.3 is 0 Å². The Balaban J connectivity index is 1.47. The summed E-state index contributed by atoms with van der Waals surface area (Å²) in [6, 6.07) is 8.27. The number of thioether (sulfide) groups is 1. The van der Waals surface area contributed by atoms with E-state index in [1.807, 2.05) is 17.8 Å². The van der Waals surface area contributed by atoms with Crippen molar-refractivity contribution < 1.29 is 0 Å². The third-order valence-electron chi connectivity index (χ3n) is 3.01. The standard InChI is InChI=1S/C14H10N2S4/c1-3-7-11-9(5-1)15-13(17-11)19-20-14-16-10-6-2-4-8-12(10)18-14/h1-7,12H,8H2. The van der Waals surface area contributed by atoms with E-state index in [1.54, 1.807) is 32.9 Å². The van der Waals surface area contributed by atoms with E-state index in [-0.39, 0.29) is 0 Å². The summed E-state index contributed by atoms with van der Waals surface area (Å²) in [5.74, 6) is 0. The monoisotopic (exact) mass is 334 g/mol. The maximum Gasteiger partial charge on any atom is 0.162 e. The van der Waals surface area contributed by atoms with Crippen LogP contribution in [0, 0.1) is 0 Å². The Morgan fingerprint density at radius 3 is 3.05 bits per heavy atom. The third kappa shape index (κ3) is 2.57. The van der Waals surface area contributed by atoms with Gasteiger partial charge in [-0.05, 0) is 46.2 Å². The zero-order valence-corrected chi connectivity index (χ0v) is 13.6. The summed E-state index contributed by atoms with van der Waals surface area (Å²) >= 11 is 3.62. The summed E-state index contributed by atoms with van der Waals surface area (Å²) in [7, 11) is 3.44. The highest BCUT2D eigenvalue weighted by Gasteiger charge is 2.25. The number of hydrogen-bond donors (Lipinski definition) is 0. The second kappa shape index (κ2) is 5.60. The average Bonchev–Trinajstić information content (AvgIpc) is 3.07. The van der Waals surface area contributed by atoms with Gasteiger partial charge in [0, 0.05) is 0 Å². The van der Waals surface area contributed by atoms with E-state index >= 15 is 0 Å². The molecule has 1 aliphatic carbocycles. The molecule has 1 atom stereocenters. The van der Waals surface area contributed by atoms with E-state index in [9.17, 15) is 0 Å². The highest BCUT2D eigenvalue weighted by molar-refractivity contribution is 8.86. The summed E-state index contributed by atoms with van der Waals surface area (Å²) in [4.78, 5) is 9.32. The minimum Gasteiger partial charge on any atom is -0.237 e. The van der Waals surface area contributed by atoms with Crippen molar-refractivity contribution in [3.8, 4) is 0 Å². The lowest BCUT2D eigenvalue weighted by molar-refractivity contribution is 0.982. The van der Waals surface area contributed by atoms with Crippen LogP contribution in [0.1, 0.15) is 6.42 Å². The Kier molecular flexibility index (Phi) is 3.64. The predicted molar refractivity (Wildman–Crippen MR) is 93.7 cm³/mol. The topological polar surface area (TPSA) is 25.2 Å². The van der Waals surface area contributed by atoms with Crippen molar-refractivity contribution in [2.75, 3.05) is 0 Å². The van der Waals surface area contributed by atoms with Gasteiger partial charge < -0.3 is 0 Å². The highest BCUT2D eigenvalue weighted by Crippen LogP contribution is 2.45. The second-order valence-corrected chi connectivity index (χ2v) is 9.20. The Morgan fingerprint density at radius 2 is 2.15 bits per heavy atom. The van der Waals surface area contributed by atoms with Crippen LogP contribution in [0.5, 0.6) is 0 Å². The largest absolute Gasteiger partial charge is 0.237 e. The van der Waals surface area contributed by atoms with Crippen LogP contribution in [-0.4, -0.2) is 14.6 Å². The number of benzene rings is 1. The minimum atomic E-state index is 0.526. The van der Waals surface area contributed by atoms with Crippen LogP contribution in [0.3, 0.4) is 0 Å². The van der Waals surface area contributed by atoms with Gasteiger partial charge in [0.2, 0.25) is 0 Å². The van der Waals surface area contributed by atoms with E-state index in [1.165, 1.54) is 10.4 Å². The van der Waals surface area contributed by atoms with Crippen LogP contribution >= 0.6 is 44.7 Å². The lowest BCUT2D eigenvalue weighted by Gasteiger charge is -2.08. The van der Waals surface area contributed by atoms with Crippen molar-refractivity contribution in [1.29, 1.82) is 0 Å². The summed E-state index contributed by atoms with van der Waals surface area (Å²) in [6.07, 6.45) is 7.53. The van der Waals surface area contributed by atoms with Gasteiger partial charge in [0.1, 0.15) is 4.38 Å². The van der Waals surface area contributed by atoms with Crippen LogP contribution in [-0.2, 0) is 0 Å². The summed E-state index contributed by atoms with van der Waals surface area (Å²) in [5, 5.41) is 0.526. The van der Waals surface area contributed by atoms with Gasteiger partial charge in [0.15, 0.2) is 4.34 Å². The first-order valence-corrected chi connectivity index (χ1v) is 10.1. The lowest BCUT2D eigenvalue weighted by Crippen LogP contribution is -2.01. The van der Waals surface area contributed by atoms with Crippen LogP contribution in [0.2, 0.25) is 0 Å². The molecule has 0 saturated heterocycles. The van der Waals surface area contributed by atoms with Crippen LogP contribution in [0.4, 0.5) is 0 Å². The molecular weight excluding hydrogens is 324 g/mol. The highest BCUT2D eigenvalue weighted by atomic mass is 33.1. The molecule has 0 N–H and O–H groups in total. The SMILES string of the molecule is C1=CCC2SC(SSc3nc4ccccc4s3)=NC2=C1. The third-order valence-corrected chi connectivity index (χ3v) is 8.27. The van der Waals surface area contributed by atoms with E-state index in [0.29, 0.717) is 5.25 Å². The van der Waals surface area contributed by atoms with Crippen LogP contribution in [0.15, 0.2) is 57.5 Å². The predicted octanol–water partition coefficient (Wildman–Crippen LogP) is 5.35. The number of rotatable bonds is 2. The fourth-order valence-corrected chi connectivity index (χ4v) is 6.88. The molecule has 2 heterocycles. The molecule has 2 nitrogen and oxygen atoms in total.